The molecular weight excluding hydrogens is 238 g/mol. The van der Waals surface area contributed by atoms with Gasteiger partial charge in [-0.25, -0.2) is 4.98 Å². The smallest absolute Gasteiger partial charge is 0.199 e. The van der Waals surface area contributed by atoms with Gasteiger partial charge in [-0.1, -0.05) is 17.7 Å². The van der Waals surface area contributed by atoms with E-state index in [-0.39, 0.29) is 0 Å². The van der Waals surface area contributed by atoms with Gasteiger partial charge in [-0.3, -0.25) is 0 Å². The van der Waals surface area contributed by atoms with E-state index in [2.05, 4.69) is 9.97 Å². The van der Waals surface area contributed by atoms with E-state index in [1.807, 2.05) is 26.0 Å². The summed E-state index contributed by atoms with van der Waals surface area (Å²) in [5.74, 6) is 1.07. The number of nitrogens with two attached hydrogens (primary N) is 1. The fraction of sp³-hybridized carbons (Fsp3) is 0.250. The molecule has 2 aromatic rings. The highest BCUT2D eigenvalue weighted by Gasteiger charge is 2.16. The number of imidazole rings is 1. The van der Waals surface area contributed by atoms with Crippen LogP contribution in [0, 0.1) is 13.8 Å². The third-order valence-corrected chi connectivity index (χ3v) is 2.83. The second-order valence-corrected chi connectivity index (χ2v) is 4.33. The molecule has 1 aromatic carbocycles. The number of benzene rings is 1. The molecule has 2 rings (SSSR count). The number of aromatic nitrogens is 2. The molecule has 1 aromatic heterocycles. The predicted molar refractivity (Wildman–Crippen MR) is 69.5 cm³/mol. The third kappa shape index (κ3) is 2.08. The molecule has 90 valence electrons. The first-order chi connectivity index (χ1) is 8.02. The van der Waals surface area contributed by atoms with E-state index < -0.39 is 0 Å². The molecule has 0 aliphatic heterocycles. The molecule has 0 fully saturated rings. The number of anilines is 1. The zero-order chi connectivity index (χ0) is 12.6. The second kappa shape index (κ2) is 4.30. The van der Waals surface area contributed by atoms with Gasteiger partial charge >= 0.3 is 0 Å². The van der Waals surface area contributed by atoms with E-state index in [4.69, 9.17) is 22.1 Å². The van der Waals surface area contributed by atoms with Gasteiger partial charge in [-0.05, 0) is 31.0 Å². The SMILES string of the molecule is COc1c(C)cc(C)cc1-c1nc(N)[nH]c1Cl. The first-order valence-corrected chi connectivity index (χ1v) is 5.57. The molecule has 0 saturated carbocycles. The lowest BCUT2D eigenvalue weighted by atomic mass is 10.0. The van der Waals surface area contributed by atoms with Crippen LogP contribution in [0.15, 0.2) is 12.1 Å². The van der Waals surface area contributed by atoms with Gasteiger partial charge in [0, 0.05) is 5.56 Å². The number of hydrogen-bond donors (Lipinski definition) is 2. The van der Waals surface area contributed by atoms with Crippen molar-refractivity contribution in [3.8, 4) is 17.0 Å². The van der Waals surface area contributed by atoms with Crippen molar-refractivity contribution in [1.29, 1.82) is 0 Å². The summed E-state index contributed by atoms with van der Waals surface area (Å²) in [7, 11) is 1.63. The van der Waals surface area contributed by atoms with Gasteiger partial charge in [0.15, 0.2) is 5.95 Å². The molecule has 5 heteroatoms. The maximum absolute atomic E-state index is 6.06. The Hall–Kier alpha value is -1.68. The summed E-state index contributed by atoms with van der Waals surface area (Å²) in [4.78, 5) is 6.95. The van der Waals surface area contributed by atoms with Crippen LogP contribution in [-0.2, 0) is 0 Å². The van der Waals surface area contributed by atoms with Crippen molar-refractivity contribution in [3.63, 3.8) is 0 Å². The summed E-state index contributed by atoms with van der Waals surface area (Å²) >= 11 is 6.06. The first kappa shape index (κ1) is 11.8. The van der Waals surface area contributed by atoms with Crippen molar-refractivity contribution in [2.45, 2.75) is 13.8 Å². The number of H-pyrrole nitrogens is 1. The van der Waals surface area contributed by atoms with Crippen molar-refractivity contribution >= 4 is 17.5 Å². The normalized spacial score (nSPS) is 10.6. The van der Waals surface area contributed by atoms with Crippen molar-refractivity contribution in [2.75, 3.05) is 12.8 Å². The maximum Gasteiger partial charge on any atom is 0.199 e. The van der Waals surface area contributed by atoms with E-state index in [1.54, 1.807) is 7.11 Å². The Morgan fingerprint density at radius 2 is 2.06 bits per heavy atom. The van der Waals surface area contributed by atoms with Crippen LogP contribution in [0.4, 0.5) is 5.95 Å². The number of hydrogen-bond acceptors (Lipinski definition) is 3. The number of nitrogens with one attached hydrogen (secondary N) is 1. The number of halogens is 1. The number of methoxy groups -OCH3 is 1. The number of nitrogens with zero attached hydrogens (tertiary/aromatic N) is 1. The Bertz CT molecular complexity index is 563. The quantitative estimate of drug-likeness (QED) is 0.863. The van der Waals surface area contributed by atoms with Crippen LogP contribution in [0.1, 0.15) is 11.1 Å². The van der Waals surface area contributed by atoms with Crippen molar-refractivity contribution in [1.82, 2.24) is 9.97 Å². The molecule has 0 aliphatic rings. The summed E-state index contributed by atoms with van der Waals surface area (Å²) < 4.78 is 5.40. The van der Waals surface area contributed by atoms with Gasteiger partial charge in [-0.15, -0.1) is 0 Å². The van der Waals surface area contributed by atoms with Crippen molar-refractivity contribution in [3.05, 3.63) is 28.4 Å². The average Bonchev–Trinajstić information content (AvgIpc) is 2.56. The van der Waals surface area contributed by atoms with Crippen molar-refractivity contribution in [2.24, 2.45) is 0 Å². The van der Waals surface area contributed by atoms with Crippen LogP contribution in [0.3, 0.4) is 0 Å². The lowest BCUT2D eigenvalue weighted by Gasteiger charge is -2.11. The van der Waals surface area contributed by atoms with Gasteiger partial charge in [0.2, 0.25) is 0 Å². The fourth-order valence-corrected chi connectivity index (χ4v) is 2.19. The standard InChI is InChI=1S/C12H14ClN3O/c1-6-4-7(2)10(17-3)8(5-6)9-11(13)16-12(14)15-9/h4-5H,1-3H3,(H3,14,15,16). The van der Waals surface area contributed by atoms with Crippen LogP contribution in [0.5, 0.6) is 5.75 Å². The number of aromatic amines is 1. The average molecular weight is 252 g/mol. The first-order valence-electron chi connectivity index (χ1n) is 5.19. The molecule has 0 unspecified atom stereocenters. The van der Waals surface area contributed by atoms with Crippen molar-refractivity contribution < 1.29 is 4.74 Å². The summed E-state index contributed by atoms with van der Waals surface area (Å²) in [6.07, 6.45) is 0. The molecule has 1 heterocycles. The second-order valence-electron chi connectivity index (χ2n) is 3.95. The van der Waals surface area contributed by atoms with Crippen LogP contribution >= 0.6 is 11.6 Å². The molecule has 0 saturated heterocycles. The predicted octanol–water partition coefficient (Wildman–Crippen LogP) is 2.94. The Morgan fingerprint density at radius 3 is 2.59 bits per heavy atom. The fourth-order valence-electron chi connectivity index (χ4n) is 1.95. The number of nitrogen functional groups attached to an aromatic ring is 1. The lowest BCUT2D eigenvalue weighted by molar-refractivity contribution is 0.413. The molecule has 4 nitrogen and oxygen atoms in total. The van der Waals surface area contributed by atoms with Crippen LogP contribution in [-0.4, -0.2) is 17.1 Å². The summed E-state index contributed by atoms with van der Waals surface area (Å²) in [6, 6.07) is 4.03. The molecule has 17 heavy (non-hydrogen) atoms. The van der Waals surface area contributed by atoms with E-state index in [0.29, 0.717) is 16.8 Å². The number of ether oxygens (including phenoxy) is 1. The molecule has 0 bridgehead atoms. The van der Waals surface area contributed by atoms with E-state index in [9.17, 15) is 0 Å². The number of aryl methyl sites for hydroxylation is 2. The minimum absolute atomic E-state index is 0.297. The Morgan fingerprint density at radius 1 is 1.35 bits per heavy atom. The highest BCUT2D eigenvalue weighted by atomic mass is 35.5. The van der Waals surface area contributed by atoms with Gasteiger partial charge in [-0.2, -0.15) is 0 Å². The third-order valence-electron chi connectivity index (χ3n) is 2.56. The highest BCUT2D eigenvalue weighted by Crippen LogP contribution is 2.36. The van der Waals surface area contributed by atoms with E-state index in [1.165, 1.54) is 0 Å². The topological polar surface area (TPSA) is 63.9 Å². The van der Waals surface area contributed by atoms with Crippen LogP contribution in [0.25, 0.3) is 11.3 Å². The molecule has 0 radical (unpaired) electrons. The monoisotopic (exact) mass is 251 g/mol. The van der Waals surface area contributed by atoms with Crippen LogP contribution in [0.2, 0.25) is 5.15 Å². The van der Waals surface area contributed by atoms with Crippen LogP contribution < -0.4 is 10.5 Å². The summed E-state index contributed by atoms with van der Waals surface area (Å²) in [5.41, 5.74) is 9.22. The summed E-state index contributed by atoms with van der Waals surface area (Å²) in [5, 5.41) is 0.422. The Kier molecular flexibility index (Phi) is 2.98. The minimum Gasteiger partial charge on any atom is -0.496 e. The summed E-state index contributed by atoms with van der Waals surface area (Å²) in [6.45, 7) is 4.00. The Labute approximate surface area is 105 Å². The van der Waals surface area contributed by atoms with Gasteiger partial charge in [0.05, 0.1) is 7.11 Å². The van der Waals surface area contributed by atoms with E-state index >= 15 is 0 Å². The molecule has 0 amide bonds. The number of rotatable bonds is 2. The zero-order valence-corrected chi connectivity index (χ0v) is 10.7. The minimum atomic E-state index is 0.297. The Balaban J connectivity index is 2.69. The van der Waals surface area contributed by atoms with Gasteiger partial charge in [0.1, 0.15) is 16.6 Å². The zero-order valence-electron chi connectivity index (χ0n) is 9.97. The van der Waals surface area contributed by atoms with Gasteiger partial charge < -0.3 is 15.5 Å². The molecule has 0 spiro atoms. The largest absolute Gasteiger partial charge is 0.496 e. The molecule has 3 N–H and O–H groups in total. The van der Waals surface area contributed by atoms with E-state index in [0.717, 1.165) is 22.4 Å². The molecular formula is C12H14ClN3O. The highest BCUT2D eigenvalue weighted by molar-refractivity contribution is 6.32. The maximum atomic E-state index is 6.06. The molecule has 0 aliphatic carbocycles. The van der Waals surface area contributed by atoms with Gasteiger partial charge in [0.25, 0.3) is 0 Å². The lowest BCUT2D eigenvalue weighted by Crippen LogP contribution is -1.93. The molecule has 0 atom stereocenters.